The van der Waals surface area contributed by atoms with Crippen molar-refractivity contribution in [3.8, 4) is 22.5 Å². The van der Waals surface area contributed by atoms with Crippen molar-refractivity contribution < 1.29 is 0 Å². The van der Waals surface area contributed by atoms with Crippen molar-refractivity contribution in [2.45, 2.75) is 0 Å². The van der Waals surface area contributed by atoms with Crippen molar-refractivity contribution in [1.29, 1.82) is 0 Å². The molecule has 0 aliphatic rings. The van der Waals surface area contributed by atoms with E-state index in [4.69, 9.17) is 0 Å². The second kappa shape index (κ2) is 8.08. The molecule has 186 valence electrons. The molecule has 9 aromatic rings. The van der Waals surface area contributed by atoms with Crippen LogP contribution >= 0.6 is 0 Å². The van der Waals surface area contributed by atoms with E-state index < -0.39 is 0 Å². The van der Waals surface area contributed by atoms with Crippen LogP contribution in [0.3, 0.4) is 0 Å². The van der Waals surface area contributed by atoms with E-state index in [2.05, 4.69) is 155 Å². The lowest BCUT2D eigenvalue weighted by molar-refractivity contribution is 1.18. The third-order valence-electron chi connectivity index (χ3n) is 8.47. The van der Waals surface area contributed by atoms with Crippen LogP contribution in [-0.2, 0) is 0 Å². The molecule has 0 spiro atoms. The predicted octanol–water partition coefficient (Wildman–Crippen LogP) is 10.1. The van der Waals surface area contributed by atoms with E-state index in [1.54, 1.807) is 0 Å². The summed E-state index contributed by atoms with van der Waals surface area (Å²) in [6.45, 7) is 0. The molecule has 0 saturated heterocycles. The van der Waals surface area contributed by atoms with E-state index >= 15 is 0 Å². The van der Waals surface area contributed by atoms with Crippen LogP contribution in [0.2, 0.25) is 0 Å². The van der Waals surface area contributed by atoms with E-state index in [0.717, 1.165) is 0 Å². The first-order valence-corrected chi connectivity index (χ1v) is 13.8. The molecule has 0 aliphatic heterocycles. The topological polar surface area (TPSA) is 9.86 Å². The molecule has 7 aromatic carbocycles. The number of para-hydroxylation sites is 3. The molecule has 0 amide bonds. The molecule has 0 N–H and O–H groups in total. The maximum atomic E-state index is 2.41. The van der Waals surface area contributed by atoms with Crippen LogP contribution in [0.15, 0.2) is 146 Å². The Morgan fingerprint density at radius 3 is 1.77 bits per heavy atom. The van der Waals surface area contributed by atoms with Crippen molar-refractivity contribution in [2.24, 2.45) is 0 Å². The smallest absolute Gasteiger partial charge is 0.0547 e. The van der Waals surface area contributed by atoms with Crippen molar-refractivity contribution in [3.05, 3.63) is 146 Å². The molecule has 0 atom stereocenters. The van der Waals surface area contributed by atoms with Gasteiger partial charge in [0.1, 0.15) is 0 Å². The molecule has 0 fully saturated rings. The summed E-state index contributed by atoms with van der Waals surface area (Å²) in [5, 5.41) is 7.79. The number of hydrogen-bond donors (Lipinski definition) is 0. The number of fused-ring (bicyclic) bond motifs is 3. The lowest BCUT2D eigenvalue weighted by atomic mass is 9.94. The standard InChI is InChI=1S/C38H24N2/c1-3-11-27(12-4-1)39-33-16-8-7-15-30(33)32-24-26(19-22-34(32)39)29-21-23-36-38-31(29)20-18-25-10-9-17-35(37(25)38)40(36)28-13-5-2-6-14-28/h1-24H. The molecule has 0 radical (unpaired) electrons. The van der Waals surface area contributed by atoms with E-state index in [9.17, 15) is 0 Å². The Hall–Kier alpha value is -5.34. The third-order valence-corrected chi connectivity index (χ3v) is 8.47. The molecule has 2 nitrogen and oxygen atoms in total. The van der Waals surface area contributed by atoms with Crippen LogP contribution in [0.4, 0.5) is 0 Å². The van der Waals surface area contributed by atoms with Crippen molar-refractivity contribution in [1.82, 2.24) is 9.13 Å². The second-order valence-corrected chi connectivity index (χ2v) is 10.6. The van der Waals surface area contributed by atoms with Crippen molar-refractivity contribution in [2.75, 3.05) is 0 Å². The number of hydrogen-bond acceptors (Lipinski definition) is 0. The monoisotopic (exact) mass is 508 g/mol. The molecule has 0 bridgehead atoms. The zero-order chi connectivity index (χ0) is 26.2. The molecule has 0 saturated carbocycles. The molecule has 9 rings (SSSR count). The predicted molar refractivity (Wildman–Crippen MR) is 169 cm³/mol. The van der Waals surface area contributed by atoms with Gasteiger partial charge in [-0.3, -0.25) is 0 Å². The normalized spacial score (nSPS) is 12.0. The van der Waals surface area contributed by atoms with Gasteiger partial charge in [0.15, 0.2) is 0 Å². The van der Waals surface area contributed by atoms with Gasteiger partial charge in [0.25, 0.3) is 0 Å². The Morgan fingerprint density at radius 1 is 0.350 bits per heavy atom. The number of nitrogens with zero attached hydrogens (tertiary/aromatic N) is 2. The van der Waals surface area contributed by atoms with Crippen LogP contribution in [0.25, 0.3) is 76.9 Å². The van der Waals surface area contributed by atoms with Crippen LogP contribution in [0.5, 0.6) is 0 Å². The van der Waals surface area contributed by atoms with Crippen molar-refractivity contribution >= 4 is 54.4 Å². The zero-order valence-corrected chi connectivity index (χ0v) is 21.8. The van der Waals surface area contributed by atoms with Gasteiger partial charge in [0, 0.05) is 32.9 Å². The molecule has 2 aromatic heterocycles. The first-order chi connectivity index (χ1) is 19.9. The highest BCUT2D eigenvalue weighted by Gasteiger charge is 2.19. The molecular formula is C38H24N2. The molecule has 0 unspecified atom stereocenters. The Bertz CT molecular complexity index is 2360. The van der Waals surface area contributed by atoms with E-state index in [1.807, 2.05) is 0 Å². The van der Waals surface area contributed by atoms with E-state index in [1.165, 1.54) is 76.9 Å². The first kappa shape index (κ1) is 21.6. The Labute approximate surface area is 231 Å². The average molecular weight is 509 g/mol. The minimum absolute atomic E-state index is 1.18. The fraction of sp³-hybridized carbons (Fsp3) is 0. The van der Waals surface area contributed by atoms with Gasteiger partial charge in [-0.05, 0) is 76.5 Å². The molecule has 40 heavy (non-hydrogen) atoms. The van der Waals surface area contributed by atoms with Crippen LogP contribution in [0.1, 0.15) is 0 Å². The summed E-state index contributed by atoms with van der Waals surface area (Å²) in [5.41, 5.74) is 9.84. The summed E-state index contributed by atoms with van der Waals surface area (Å²) in [6.07, 6.45) is 0. The average Bonchev–Trinajstić information content (AvgIpc) is 3.54. The Kier molecular flexibility index (Phi) is 4.36. The third kappa shape index (κ3) is 2.88. The summed E-state index contributed by atoms with van der Waals surface area (Å²) in [6, 6.07) is 52.9. The number of rotatable bonds is 3. The lowest BCUT2D eigenvalue weighted by Crippen LogP contribution is -1.93. The second-order valence-electron chi connectivity index (χ2n) is 10.6. The van der Waals surface area contributed by atoms with Gasteiger partial charge >= 0.3 is 0 Å². The quantitative estimate of drug-likeness (QED) is 0.210. The van der Waals surface area contributed by atoms with Gasteiger partial charge < -0.3 is 9.13 Å². The largest absolute Gasteiger partial charge is 0.309 e. The lowest BCUT2D eigenvalue weighted by Gasteiger charge is -2.11. The highest BCUT2D eigenvalue weighted by Crippen LogP contribution is 2.43. The highest BCUT2D eigenvalue weighted by atomic mass is 15.0. The van der Waals surface area contributed by atoms with Crippen LogP contribution in [0, 0.1) is 0 Å². The maximum absolute atomic E-state index is 2.41. The van der Waals surface area contributed by atoms with Gasteiger partial charge in [-0.1, -0.05) is 91.0 Å². The fourth-order valence-electron chi connectivity index (χ4n) is 6.79. The van der Waals surface area contributed by atoms with E-state index in [-0.39, 0.29) is 0 Å². The minimum atomic E-state index is 1.18. The van der Waals surface area contributed by atoms with Crippen molar-refractivity contribution in [3.63, 3.8) is 0 Å². The van der Waals surface area contributed by atoms with E-state index in [0.29, 0.717) is 0 Å². The summed E-state index contributed by atoms with van der Waals surface area (Å²) in [5.74, 6) is 0. The summed E-state index contributed by atoms with van der Waals surface area (Å²) >= 11 is 0. The Balaban J connectivity index is 1.34. The maximum Gasteiger partial charge on any atom is 0.0547 e. The Morgan fingerprint density at radius 2 is 0.975 bits per heavy atom. The first-order valence-electron chi connectivity index (χ1n) is 13.8. The number of benzene rings is 7. The molecule has 0 aliphatic carbocycles. The molecule has 2 heteroatoms. The van der Waals surface area contributed by atoms with Gasteiger partial charge in [-0.25, -0.2) is 0 Å². The number of aromatic nitrogens is 2. The minimum Gasteiger partial charge on any atom is -0.309 e. The SMILES string of the molecule is c1ccc(-n2c3ccccc3c3cc(-c4ccc5c6c4ccc4cccc(c46)n5-c4ccccc4)ccc32)cc1. The fourth-order valence-corrected chi connectivity index (χ4v) is 6.79. The summed E-state index contributed by atoms with van der Waals surface area (Å²) in [4.78, 5) is 0. The van der Waals surface area contributed by atoms with Crippen LogP contribution < -0.4 is 0 Å². The molecular weight excluding hydrogens is 484 g/mol. The molecule has 2 heterocycles. The van der Waals surface area contributed by atoms with Gasteiger partial charge in [0.05, 0.1) is 22.1 Å². The highest BCUT2D eigenvalue weighted by molar-refractivity contribution is 6.26. The summed E-state index contributed by atoms with van der Waals surface area (Å²) in [7, 11) is 0. The van der Waals surface area contributed by atoms with Crippen LogP contribution in [-0.4, -0.2) is 9.13 Å². The van der Waals surface area contributed by atoms with Gasteiger partial charge in [-0.15, -0.1) is 0 Å². The summed E-state index contributed by atoms with van der Waals surface area (Å²) < 4.78 is 4.78. The zero-order valence-electron chi connectivity index (χ0n) is 21.8. The van der Waals surface area contributed by atoms with Gasteiger partial charge in [-0.2, -0.15) is 0 Å². The van der Waals surface area contributed by atoms with Gasteiger partial charge in [0.2, 0.25) is 0 Å².